The third kappa shape index (κ3) is 3.64. The van der Waals surface area contributed by atoms with Crippen LogP contribution in [0.4, 0.5) is 0 Å². The van der Waals surface area contributed by atoms with Gasteiger partial charge in [0.15, 0.2) is 11.5 Å². The van der Waals surface area contributed by atoms with E-state index in [0.717, 1.165) is 28.6 Å². The third-order valence-electron chi connectivity index (χ3n) is 5.27. The van der Waals surface area contributed by atoms with Crippen LogP contribution in [0, 0.1) is 18.3 Å². The van der Waals surface area contributed by atoms with Crippen molar-refractivity contribution in [3.8, 4) is 23.3 Å². The lowest BCUT2D eigenvalue weighted by Gasteiger charge is -2.15. The summed E-state index contributed by atoms with van der Waals surface area (Å²) in [4.78, 5) is 12.7. The molecule has 0 bridgehead atoms. The van der Waals surface area contributed by atoms with Gasteiger partial charge in [-0.25, -0.2) is 0 Å². The molecule has 1 aliphatic rings. The van der Waals surface area contributed by atoms with E-state index in [0.29, 0.717) is 42.6 Å². The summed E-state index contributed by atoms with van der Waals surface area (Å²) in [5.74, 6) is 1.78. The van der Waals surface area contributed by atoms with Crippen LogP contribution < -0.4 is 19.5 Å². The number of carbonyl (C=O) groups is 1. The molecule has 7 nitrogen and oxygen atoms in total. The molecule has 0 unspecified atom stereocenters. The van der Waals surface area contributed by atoms with E-state index >= 15 is 0 Å². The molecule has 0 saturated heterocycles. The van der Waals surface area contributed by atoms with Crippen LogP contribution in [-0.4, -0.2) is 30.8 Å². The number of fused-ring (bicyclic) bond motifs is 2. The van der Waals surface area contributed by atoms with Gasteiger partial charge in [0.1, 0.15) is 18.4 Å². The molecular formula is C23H23N3O4. The lowest BCUT2D eigenvalue weighted by molar-refractivity contribution is -0.121. The fourth-order valence-electron chi connectivity index (χ4n) is 3.73. The maximum absolute atomic E-state index is 12.7. The molecule has 154 valence electrons. The zero-order chi connectivity index (χ0) is 21.1. The number of aromatic nitrogens is 1. The van der Waals surface area contributed by atoms with Crippen LogP contribution in [0.3, 0.4) is 0 Å². The molecule has 1 amide bonds. The maximum Gasteiger partial charge on any atom is 0.240 e. The number of hydrogen-bond donors (Lipinski definition) is 1. The van der Waals surface area contributed by atoms with Gasteiger partial charge in [-0.2, -0.15) is 5.26 Å². The molecule has 7 heteroatoms. The standard InChI is InChI=1S/C23H23N3O4/c1-15-18(12-24)17-6-3-4-7-19(17)26(15)14-23(27)25-13-16-10-21-22(11-20(16)28-2)30-9-5-8-29-21/h3-4,6-7,10-11H,5,8-9,13-14H2,1-2H3,(H,25,27). The highest BCUT2D eigenvalue weighted by atomic mass is 16.5. The highest BCUT2D eigenvalue weighted by molar-refractivity contribution is 5.89. The van der Waals surface area contributed by atoms with Crippen LogP contribution in [0.15, 0.2) is 36.4 Å². The van der Waals surface area contributed by atoms with Gasteiger partial charge in [-0.1, -0.05) is 18.2 Å². The molecular weight excluding hydrogens is 382 g/mol. The summed E-state index contributed by atoms with van der Waals surface area (Å²) in [5.41, 5.74) is 3.06. The molecule has 0 saturated carbocycles. The summed E-state index contributed by atoms with van der Waals surface area (Å²) < 4.78 is 18.8. The van der Waals surface area contributed by atoms with E-state index in [1.54, 1.807) is 13.2 Å². The zero-order valence-electron chi connectivity index (χ0n) is 17.0. The van der Waals surface area contributed by atoms with Crippen LogP contribution in [0.2, 0.25) is 0 Å². The quantitative estimate of drug-likeness (QED) is 0.704. The minimum absolute atomic E-state index is 0.126. The number of ether oxygens (including phenoxy) is 3. The predicted molar refractivity (Wildman–Crippen MR) is 112 cm³/mol. The van der Waals surface area contributed by atoms with Crippen molar-refractivity contribution in [2.24, 2.45) is 0 Å². The summed E-state index contributed by atoms with van der Waals surface area (Å²) in [7, 11) is 1.59. The zero-order valence-corrected chi connectivity index (χ0v) is 17.0. The Morgan fingerprint density at radius 1 is 1.23 bits per heavy atom. The van der Waals surface area contributed by atoms with Crippen molar-refractivity contribution in [2.45, 2.75) is 26.4 Å². The molecule has 0 atom stereocenters. The normalized spacial score (nSPS) is 12.8. The average molecular weight is 405 g/mol. The van der Waals surface area contributed by atoms with Gasteiger partial charge in [0.2, 0.25) is 5.91 Å². The second-order valence-electron chi connectivity index (χ2n) is 7.11. The van der Waals surface area contributed by atoms with Crippen molar-refractivity contribution in [3.63, 3.8) is 0 Å². The molecule has 0 fully saturated rings. The van der Waals surface area contributed by atoms with Crippen molar-refractivity contribution in [1.29, 1.82) is 5.26 Å². The Labute approximate surface area is 174 Å². The van der Waals surface area contributed by atoms with Crippen LogP contribution in [-0.2, 0) is 17.9 Å². The number of carbonyl (C=O) groups excluding carboxylic acids is 1. The highest BCUT2D eigenvalue weighted by Gasteiger charge is 2.18. The number of methoxy groups -OCH3 is 1. The number of nitriles is 1. The van der Waals surface area contributed by atoms with Crippen molar-refractivity contribution < 1.29 is 19.0 Å². The van der Waals surface area contributed by atoms with Crippen LogP contribution in [0.25, 0.3) is 10.9 Å². The first kappa shape index (κ1) is 19.6. The van der Waals surface area contributed by atoms with Crippen LogP contribution in [0.1, 0.15) is 23.2 Å². The Morgan fingerprint density at radius 2 is 1.97 bits per heavy atom. The Bertz CT molecular complexity index is 1140. The molecule has 4 rings (SSSR count). The summed E-state index contributed by atoms with van der Waals surface area (Å²) >= 11 is 0. The number of benzene rings is 2. The lowest BCUT2D eigenvalue weighted by Crippen LogP contribution is -2.27. The smallest absolute Gasteiger partial charge is 0.240 e. The predicted octanol–water partition coefficient (Wildman–Crippen LogP) is 3.31. The highest BCUT2D eigenvalue weighted by Crippen LogP contribution is 2.36. The van der Waals surface area contributed by atoms with E-state index in [2.05, 4.69) is 11.4 Å². The summed E-state index contributed by atoms with van der Waals surface area (Å²) in [5, 5.41) is 13.3. The number of amides is 1. The van der Waals surface area contributed by atoms with E-state index in [9.17, 15) is 10.1 Å². The van der Waals surface area contributed by atoms with Crippen molar-refractivity contribution in [1.82, 2.24) is 9.88 Å². The molecule has 1 aliphatic heterocycles. The van der Waals surface area contributed by atoms with Gasteiger partial charge in [0, 0.05) is 35.7 Å². The van der Waals surface area contributed by atoms with Crippen LogP contribution in [0.5, 0.6) is 17.2 Å². The van der Waals surface area contributed by atoms with Gasteiger partial charge >= 0.3 is 0 Å². The maximum atomic E-state index is 12.7. The molecule has 1 N–H and O–H groups in total. The lowest BCUT2D eigenvalue weighted by atomic mass is 10.1. The second-order valence-corrected chi connectivity index (χ2v) is 7.11. The Hall–Kier alpha value is -3.66. The summed E-state index contributed by atoms with van der Waals surface area (Å²) in [6.45, 7) is 3.47. The molecule has 2 aromatic carbocycles. The van der Waals surface area contributed by atoms with Gasteiger partial charge in [0.05, 0.1) is 31.4 Å². The first-order valence-corrected chi connectivity index (χ1v) is 9.83. The Morgan fingerprint density at radius 3 is 2.70 bits per heavy atom. The third-order valence-corrected chi connectivity index (χ3v) is 5.27. The first-order valence-electron chi connectivity index (χ1n) is 9.83. The van der Waals surface area contributed by atoms with E-state index in [1.807, 2.05) is 41.8 Å². The fraction of sp³-hybridized carbons (Fsp3) is 0.304. The van der Waals surface area contributed by atoms with E-state index < -0.39 is 0 Å². The number of nitrogens with zero attached hydrogens (tertiary/aromatic N) is 2. The van der Waals surface area contributed by atoms with Gasteiger partial charge in [0.25, 0.3) is 0 Å². The number of hydrogen-bond acceptors (Lipinski definition) is 5. The van der Waals surface area contributed by atoms with Crippen molar-refractivity contribution in [2.75, 3.05) is 20.3 Å². The van der Waals surface area contributed by atoms with E-state index in [-0.39, 0.29) is 12.5 Å². The first-order chi connectivity index (χ1) is 14.6. The SMILES string of the molecule is COc1cc2c(cc1CNC(=O)Cn1c(C)c(C#N)c3ccccc31)OCCCO2. The van der Waals surface area contributed by atoms with Gasteiger partial charge in [-0.3, -0.25) is 4.79 Å². The van der Waals surface area contributed by atoms with Crippen LogP contribution >= 0.6 is 0 Å². The monoisotopic (exact) mass is 405 g/mol. The molecule has 3 aromatic rings. The molecule has 0 spiro atoms. The number of para-hydroxylation sites is 1. The summed E-state index contributed by atoms with van der Waals surface area (Å²) in [6, 6.07) is 13.5. The van der Waals surface area contributed by atoms with Gasteiger partial charge < -0.3 is 24.1 Å². The minimum atomic E-state index is -0.155. The fourth-order valence-corrected chi connectivity index (χ4v) is 3.73. The molecule has 2 heterocycles. The molecule has 30 heavy (non-hydrogen) atoms. The average Bonchev–Trinajstić information content (AvgIpc) is 2.90. The second kappa shape index (κ2) is 8.37. The Kier molecular flexibility index (Phi) is 5.48. The van der Waals surface area contributed by atoms with E-state index in [1.165, 1.54) is 0 Å². The number of rotatable bonds is 5. The topological polar surface area (TPSA) is 85.5 Å². The largest absolute Gasteiger partial charge is 0.496 e. The molecule has 0 aliphatic carbocycles. The van der Waals surface area contributed by atoms with E-state index in [4.69, 9.17) is 14.2 Å². The number of nitrogens with one attached hydrogen (secondary N) is 1. The van der Waals surface area contributed by atoms with Crippen molar-refractivity contribution >= 4 is 16.8 Å². The minimum Gasteiger partial charge on any atom is -0.496 e. The molecule has 0 radical (unpaired) electrons. The Balaban J connectivity index is 1.53. The summed E-state index contributed by atoms with van der Waals surface area (Å²) in [6.07, 6.45) is 0.817. The molecule has 1 aromatic heterocycles. The van der Waals surface area contributed by atoms with Crippen molar-refractivity contribution in [3.05, 3.63) is 53.2 Å². The van der Waals surface area contributed by atoms with Gasteiger partial charge in [-0.15, -0.1) is 0 Å². The van der Waals surface area contributed by atoms with Gasteiger partial charge in [-0.05, 0) is 19.1 Å².